The first kappa shape index (κ1) is 15.3. The number of amides is 1. The molecule has 0 unspecified atom stereocenters. The molecule has 21 heavy (non-hydrogen) atoms. The van der Waals surface area contributed by atoms with Crippen LogP contribution in [-0.4, -0.2) is 44.2 Å². The van der Waals surface area contributed by atoms with E-state index in [0.29, 0.717) is 12.0 Å². The van der Waals surface area contributed by atoms with Gasteiger partial charge in [-0.3, -0.25) is 9.48 Å². The molecular formula is C14H23N5O2. The summed E-state index contributed by atoms with van der Waals surface area (Å²) in [5, 5.41) is 16.1. The van der Waals surface area contributed by atoms with Crippen LogP contribution < -0.4 is 5.73 Å². The fourth-order valence-corrected chi connectivity index (χ4v) is 2.92. The summed E-state index contributed by atoms with van der Waals surface area (Å²) in [5.41, 5.74) is 7.01. The maximum atomic E-state index is 12.9. The Morgan fingerprint density at radius 3 is 2.81 bits per heavy atom. The molecule has 1 aromatic rings. The van der Waals surface area contributed by atoms with E-state index in [1.54, 1.807) is 22.8 Å². The molecule has 1 aliphatic rings. The van der Waals surface area contributed by atoms with E-state index < -0.39 is 0 Å². The van der Waals surface area contributed by atoms with Crippen molar-refractivity contribution in [3.05, 3.63) is 17.5 Å². The lowest BCUT2D eigenvalue weighted by Crippen LogP contribution is -2.44. The van der Waals surface area contributed by atoms with Gasteiger partial charge in [0.2, 0.25) is 0 Å². The van der Waals surface area contributed by atoms with Crippen LogP contribution in [0.1, 0.15) is 48.7 Å². The molecule has 0 spiro atoms. The number of hydrogen-bond acceptors (Lipinski definition) is 4. The zero-order valence-corrected chi connectivity index (χ0v) is 12.6. The van der Waals surface area contributed by atoms with Crippen molar-refractivity contribution in [3.8, 4) is 0 Å². The number of nitrogens with zero attached hydrogens (tertiary/aromatic N) is 4. The Hall–Kier alpha value is -2.05. The van der Waals surface area contributed by atoms with Crippen LogP contribution >= 0.6 is 0 Å². The van der Waals surface area contributed by atoms with Crippen molar-refractivity contribution in [2.24, 2.45) is 17.9 Å². The van der Waals surface area contributed by atoms with E-state index in [4.69, 9.17) is 10.9 Å². The summed E-state index contributed by atoms with van der Waals surface area (Å²) in [6.07, 6.45) is 6.59. The predicted molar refractivity (Wildman–Crippen MR) is 79.3 cm³/mol. The highest BCUT2D eigenvalue weighted by molar-refractivity contribution is 5.98. The molecule has 1 aromatic heterocycles. The van der Waals surface area contributed by atoms with Gasteiger partial charge < -0.3 is 15.8 Å². The lowest BCUT2D eigenvalue weighted by atomic mass is 10.1. The minimum absolute atomic E-state index is 0.0530. The zero-order valence-electron chi connectivity index (χ0n) is 12.6. The van der Waals surface area contributed by atoms with Crippen LogP contribution in [-0.2, 0) is 13.5 Å². The molecule has 7 heteroatoms. The van der Waals surface area contributed by atoms with Crippen LogP contribution in [0.5, 0.6) is 0 Å². The molecule has 0 saturated heterocycles. The summed E-state index contributed by atoms with van der Waals surface area (Å²) in [7, 11) is 1.80. The number of oxime groups is 1. The van der Waals surface area contributed by atoms with E-state index in [-0.39, 0.29) is 24.3 Å². The number of carbonyl (C=O) groups is 1. The van der Waals surface area contributed by atoms with Gasteiger partial charge in [0.15, 0.2) is 5.84 Å². The smallest absolute Gasteiger partial charge is 0.257 e. The number of hydrogen-bond donors (Lipinski definition) is 2. The molecule has 1 saturated carbocycles. The third-order valence-corrected chi connectivity index (χ3v) is 3.96. The van der Waals surface area contributed by atoms with Gasteiger partial charge in [0.05, 0.1) is 17.8 Å². The second-order valence-electron chi connectivity index (χ2n) is 5.48. The third kappa shape index (κ3) is 3.34. The molecular weight excluding hydrogens is 270 g/mol. The van der Waals surface area contributed by atoms with Crippen molar-refractivity contribution in [1.82, 2.24) is 14.7 Å². The molecule has 1 aliphatic carbocycles. The zero-order chi connectivity index (χ0) is 15.4. The summed E-state index contributed by atoms with van der Waals surface area (Å²) in [5.74, 6) is -0.0318. The number of rotatable bonds is 5. The first-order chi connectivity index (χ1) is 10.1. The lowest BCUT2D eigenvalue weighted by Gasteiger charge is -2.28. The Morgan fingerprint density at radius 2 is 2.24 bits per heavy atom. The summed E-state index contributed by atoms with van der Waals surface area (Å²) in [6.45, 7) is 2.13. The van der Waals surface area contributed by atoms with Gasteiger partial charge in [0.1, 0.15) is 0 Å². The first-order valence-corrected chi connectivity index (χ1v) is 7.36. The molecule has 1 amide bonds. The van der Waals surface area contributed by atoms with Gasteiger partial charge in [0, 0.05) is 19.3 Å². The molecule has 116 valence electrons. The van der Waals surface area contributed by atoms with Crippen molar-refractivity contribution in [2.75, 3.05) is 6.54 Å². The maximum absolute atomic E-state index is 12.9. The van der Waals surface area contributed by atoms with Gasteiger partial charge in [-0.15, -0.1) is 0 Å². The highest BCUT2D eigenvalue weighted by Crippen LogP contribution is 2.25. The highest BCUT2D eigenvalue weighted by Gasteiger charge is 2.30. The Morgan fingerprint density at radius 1 is 1.57 bits per heavy atom. The van der Waals surface area contributed by atoms with Crippen molar-refractivity contribution < 1.29 is 10.0 Å². The second kappa shape index (κ2) is 6.60. The van der Waals surface area contributed by atoms with Crippen LogP contribution in [0, 0.1) is 0 Å². The van der Waals surface area contributed by atoms with Gasteiger partial charge in [-0.25, -0.2) is 0 Å². The molecule has 3 N–H and O–H groups in total. The van der Waals surface area contributed by atoms with Crippen LogP contribution in [0.25, 0.3) is 0 Å². The first-order valence-electron chi connectivity index (χ1n) is 7.36. The number of aryl methyl sites for hydroxylation is 2. The number of aromatic nitrogens is 2. The predicted octanol–water partition coefficient (Wildman–Crippen LogP) is 1.11. The SMILES string of the molecule is CCc1nn(C)cc1C(=O)N(C/C(N)=N/O)C1CCCC1. The Labute approximate surface area is 124 Å². The largest absolute Gasteiger partial charge is 0.409 e. The van der Waals surface area contributed by atoms with Crippen LogP contribution in [0.2, 0.25) is 0 Å². The summed E-state index contributed by atoms with van der Waals surface area (Å²) in [4.78, 5) is 14.6. The second-order valence-corrected chi connectivity index (χ2v) is 5.48. The van der Waals surface area contributed by atoms with Crippen molar-refractivity contribution in [2.45, 2.75) is 45.1 Å². The summed E-state index contributed by atoms with van der Waals surface area (Å²) >= 11 is 0. The quantitative estimate of drug-likeness (QED) is 0.368. The molecule has 1 fully saturated rings. The average Bonchev–Trinajstić information content (AvgIpc) is 3.12. The van der Waals surface area contributed by atoms with E-state index >= 15 is 0 Å². The van der Waals surface area contributed by atoms with Gasteiger partial charge in [-0.05, 0) is 19.3 Å². The highest BCUT2D eigenvalue weighted by atomic mass is 16.4. The minimum atomic E-state index is -0.0848. The van der Waals surface area contributed by atoms with E-state index in [0.717, 1.165) is 31.4 Å². The van der Waals surface area contributed by atoms with Gasteiger partial charge >= 0.3 is 0 Å². The Balaban J connectivity index is 2.28. The van der Waals surface area contributed by atoms with Crippen molar-refractivity contribution in [3.63, 3.8) is 0 Å². The fourth-order valence-electron chi connectivity index (χ4n) is 2.92. The fraction of sp³-hybridized carbons (Fsp3) is 0.643. The Bertz CT molecular complexity index is 531. The number of amidine groups is 1. The molecule has 7 nitrogen and oxygen atoms in total. The molecule has 0 aliphatic heterocycles. The van der Waals surface area contributed by atoms with Crippen LogP contribution in [0.4, 0.5) is 0 Å². The molecule has 0 radical (unpaired) electrons. The van der Waals surface area contributed by atoms with Gasteiger partial charge in [0.25, 0.3) is 5.91 Å². The van der Waals surface area contributed by atoms with Crippen LogP contribution in [0.15, 0.2) is 11.4 Å². The van der Waals surface area contributed by atoms with E-state index in [2.05, 4.69) is 10.3 Å². The van der Waals surface area contributed by atoms with Crippen molar-refractivity contribution in [1.29, 1.82) is 0 Å². The lowest BCUT2D eigenvalue weighted by molar-refractivity contribution is 0.0711. The average molecular weight is 293 g/mol. The van der Waals surface area contributed by atoms with E-state index in [1.165, 1.54) is 0 Å². The van der Waals surface area contributed by atoms with Gasteiger partial charge in [-0.2, -0.15) is 5.10 Å². The number of carbonyl (C=O) groups excluding carboxylic acids is 1. The van der Waals surface area contributed by atoms with E-state index in [1.807, 2.05) is 6.92 Å². The standard InChI is InChI=1S/C14H23N5O2/c1-3-12-11(8-18(2)16-12)14(20)19(9-13(15)17-21)10-6-4-5-7-10/h8,10,21H,3-7,9H2,1-2H3,(H2,15,17). The maximum Gasteiger partial charge on any atom is 0.257 e. The topological polar surface area (TPSA) is 96.7 Å². The normalized spacial score (nSPS) is 16.4. The molecule has 2 rings (SSSR count). The molecule has 0 aromatic carbocycles. The third-order valence-electron chi connectivity index (χ3n) is 3.96. The molecule has 1 heterocycles. The summed E-state index contributed by atoms with van der Waals surface area (Å²) in [6, 6.07) is 0.155. The number of nitrogens with two attached hydrogens (primary N) is 1. The minimum Gasteiger partial charge on any atom is -0.409 e. The summed E-state index contributed by atoms with van der Waals surface area (Å²) < 4.78 is 1.66. The molecule has 0 atom stereocenters. The van der Waals surface area contributed by atoms with Gasteiger partial charge in [-0.1, -0.05) is 24.9 Å². The molecule has 0 bridgehead atoms. The Kier molecular flexibility index (Phi) is 4.82. The van der Waals surface area contributed by atoms with Crippen molar-refractivity contribution >= 4 is 11.7 Å². The van der Waals surface area contributed by atoms with E-state index in [9.17, 15) is 4.79 Å². The monoisotopic (exact) mass is 293 g/mol. The van der Waals surface area contributed by atoms with Crippen LogP contribution in [0.3, 0.4) is 0 Å².